The van der Waals surface area contributed by atoms with Crippen LogP contribution in [0.25, 0.3) is 0 Å². The molecule has 0 saturated carbocycles. The minimum Gasteiger partial charge on any atom is -0.481 e. The molecule has 0 fully saturated rings. The largest absolute Gasteiger partial charge is 0.481 e. The van der Waals surface area contributed by atoms with E-state index in [1.807, 2.05) is 0 Å². The van der Waals surface area contributed by atoms with Crippen molar-refractivity contribution in [3.63, 3.8) is 0 Å². The van der Waals surface area contributed by atoms with E-state index in [1.54, 1.807) is 0 Å². The Balaban J connectivity index is 0.00000289. The first-order valence-corrected chi connectivity index (χ1v) is 4.93. The van der Waals surface area contributed by atoms with Crippen molar-refractivity contribution in [2.75, 3.05) is 0 Å². The van der Waals surface area contributed by atoms with E-state index in [0.29, 0.717) is 0 Å². The SMILES string of the molecule is Cl.N[C@@H](CC(=O)O)c1cc(Cl)cc(C(F)(F)F)c1. The van der Waals surface area contributed by atoms with E-state index in [-0.39, 0.29) is 23.0 Å². The normalized spacial score (nSPS) is 12.7. The van der Waals surface area contributed by atoms with Crippen LogP contribution in [-0.4, -0.2) is 11.1 Å². The summed E-state index contributed by atoms with van der Waals surface area (Å²) in [5, 5.41) is 8.38. The van der Waals surface area contributed by atoms with E-state index in [1.165, 1.54) is 6.07 Å². The van der Waals surface area contributed by atoms with Gasteiger partial charge >= 0.3 is 12.1 Å². The summed E-state index contributed by atoms with van der Waals surface area (Å²) in [6.45, 7) is 0. The van der Waals surface area contributed by atoms with E-state index in [0.717, 1.165) is 12.1 Å². The molecule has 0 radical (unpaired) electrons. The van der Waals surface area contributed by atoms with Crippen LogP contribution in [0.4, 0.5) is 13.2 Å². The van der Waals surface area contributed by atoms with Gasteiger partial charge in [-0.15, -0.1) is 12.4 Å². The monoisotopic (exact) mass is 303 g/mol. The zero-order valence-electron chi connectivity index (χ0n) is 8.87. The molecule has 0 amide bonds. The molecule has 0 saturated heterocycles. The molecule has 0 aliphatic rings. The first-order valence-electron chi connectivity index (χ1n) is 4.55. The predicted molar refractivity (Wildman–Crippen MR) is 62.9 cm³/mol. The summed E-state index contributed by atoms with van der Waals surface area (Å²) in [5.41, 5.74) is 4.57. The molecule has 0 aromatic heterocycles. The van der Waals surface area contributed by atoms with Crippen molar-refractivity contribution in [2.24, 2.45) is 5.73 Å². The number of hydrogen-bond acceptors (Lipinski definition) is 2. The predicted octanol–water partition coefficient (Wildman–Crippen LogP) is 3.26. The molecule has 1 rings (SSSR count). The van der Waals surface area contributed by atoms with Gasteiger partial charge in [0, 0.05) is 11.1 Å². The second-order valence-electron chi connectivity index (χ2n) is 3.48. The van der Waals surface area contributed by atoms with Crippen LogP contribution in [-0.2, 0) is 11.0 Å². The van der Waals surface area contributed by atoms with E-state index < -0.39 is 30.2 Å². The topological polar surface area (TPSA) is 63.3 Å². The fourth-order valence-corrected chi connectivity index (χ4v) is 1.54. The van der Waals surface area contributed by atoms with Gasteiger partial charge in [0.1, 0.15) is 0 Å². The fraction of sp³-hybridized carbons (Fsp3) is 0.300. The van der Waals surface area contributed by atoms with E-state index in [4.69, 9.17) is 22.4 Å². The van der Waals surface area contributed by atoms with Gasteiger partial charge < -0.3 is 10.8 Å². The molecule has 102 valence electrons. The van der Waals surface area contributed by atoms with Crippen molar-refractivity contribution in [3.05, 3.63) is 34.3 Å². The van der Waals surface area contributed by atoms with Gasteiger partial charge in [0.2, 0.25) is 0 Å². The summed E-state index contributed by atoms with van der Waals surface area (Å²) in [5.74, 6) is -1.19. The third-order valence-corrected chi connectivity index (χ3v) is 2.29. The Morgan fingerprint density at radius 3 is 2.39 bits per heavy atom. The van der Waals surface area contributed by atoms with Crippen molar-refractivity contribution < 1.29 is 23.1 Å². The Kier molecular flexibility index (Phi) is 5.92. The van der Waals surface area contributed by atoms with Crippen LogP contribution in [0, 0.1) is 0 Å². The molecule has 18 heavy (non-hydrogen) atoms. The molecule has 0 spiro atoms. The number of halogens is 5. The lowest BCUT2D eigenvalue weighted by atomic mass is 10.0. The molecule has 1 aromatic rings. The molecular formula is C10H10Cl2F3NO2. The lowest BCUT2D eigenvalue weighted by Gasteiger charge is -2.13. The molecule has 0 bridgehead atoms. The average molecular weight is 304 g/mol. The van der Waals surface area contributed by atoms with E-state index >= 15 is 0 Å². The maximum Gasteiger partial charge on any atom is 0.416 e. The van der Waals surface area contributed by atoms with Crippen molar-refractivity contribution >= 4 is 30.0 Å². The average Bonchev–Trinajstić information content (AvgIpc) is 2.14. The first kappa shape index (κ1) is 17.0. The molecule has 3 nitrogen and oxygen atoms in total. The molecule has 0 aliphatic heterocycles. The molecule has 1 aromatic carbocycles. The number of rotatable bonds is 3. The summed E-state index contributed by atoms with van der Waals surface area (Å²) >= 11 is 5.53. The molecule has 8 heteroatoms. The zero-order chi connectivity index (χ0) is 13.2. The molecule has 0 unspecified atom stereocenters. The number of nitrogens with two attached hydrogens (primary N) is 1. The quantitative estimate of drug-likeness (QED) is 0.901. The maximum absolute atomic E-state index is 12.5. The van der Waals surface area contributed by atoms with Crippen molar-refractivity contribution in [1.82, 2.24) is 0 Å². The fourth-order valence-electron chi connectivity index (χ4n) is 1.30. The Morgan fingerprint density at radius 1 is 1.39 bits per heavy atom. The van der Waals surface area contributed by atoms with E-state index in [9.17, 15) is 18.0 Å². The summed E-state index contributed by atoms with van der Waals surface area (Å²) in [6, 6.07) is 1.77. The third-order valence-electron chi connectivity index (χ3n) is 2.07. The summed E-state index contributed by atoms with van der Waals surface area (Å²) in [6.07, 6.45) is -5.00. The molecular weight excluding hydrogens is 294 g/mol. The summed E-state index contributed by atoms with van der Waals surface area (Å²) < 4.78 is 37.4. The van der Waals surface area contributed by atoms with Gasteiger partial charge in [-0.1, -0.05) is 11.6 Å². The van der Waals surface area contributed by atoms with Crippen LogP contribution >= 0.6 is 24.0 Å². The van der Waals surface area contributed by atoms with Crippen LogP contribution in [0.3, 0.4) is 0 Å². The van der Waals surface area contributed by atoms with Gasteiger partial charge in [-0.25, -0.2) is 0 Å². The van der Waals surface area contributed by atoms with Crippen LogP contribution in [0.15, 0.2) is 18.2 Å². The summed E-state index contributed by atoms with van der Waals surface area (Å²) in [7, 11) is 0. The third kappa shape index (κ3) is 4.72. The number of carboxylic acids is 1. The molecule has 0 heterocycles. The van der Waals surface area contributed by atoms with E-state index in [2.05, 4.69) is 0 Å². The van der Waals surface area contributed by atoms with Crippen molar-refractivity contribution in [3.8, 4) is 0 Å². The highest BCUT2D eigenvalue weighted by Crippen LogP contribution is 2.33. The lowest BCUT2D eigenvalue weighted by molar-refractivity contribution is -0.138. The van der Waals surface area contributed by atoms with Gasteiger partial charge in [-0.2, -0.15) is 13.2 Å². The number of aliphatic carboxylic acids is 1. The van der Waals surface area contributed by atoms with Crippen LogP contribution in [0.1, 0.15) is 23.6 Å². The van der Waals surface area contributed by atoms with Crippen LogP contribution in [0.2, 0.25) is 5.02 Å². The minimum atomic E-state index is -4.54. The Bertz CT molecular complexity index is 438. The highest BCUT2D eigenvalue weighted by atomic mass is 35.5. The number of hydrogen-bond donors (Lipinski definition) is 2. The minimum absolute atomic E-state index is 0. The Hall–Kier alpha value is -0.980. The lowest BCUT2D eigenvalue weighted by Crippen LogP contribution is -2.16. The zero-order valence-corrected chi connectivity index (χ0v) is 10.4. The van der Waals surface area contributed by atoms with Gasteiger partial charge in [0.15, 0.2) is 0 Å². The molecule has 3 N–H and O–H groups in total. The number of carbonyl (C=O) groups is 1. The molecule has 1 atom stereocenters. The standard InChI is InChI=1S/C10H9ClF3NO2.ClH/c11-7-2-5(8(15)4-9(16)17)1-6(3-7)10(12,13)14;/h1-3,8H,4,15H2,(H,16,17);1H/t8-;/m0./s1. The maximum atomic E-state index is 12.5. The Morgan fingerprint density at radius 2 is 1.94 bits per heavy atom. The second-order valence-corrected chi connectivity index (χ2v) is 3.91. The van der Waals surface area contributed by atoms with Crippen LogP contribution < -0.4 is 5.73 Å². The van der Waals surface area contributed by atoms with Gasteiger partial charge in [-0.3, -0.25) is 4.79 Å². The van der Waals surface area contributed by atoms with Gasteiger partial charge in [-0.05, 0) is 23.8 Å². The van der Waals surface area contributed by atoms with Gasteiger partial charge in [0.25, 0.3) is 0 Å². The summed E-state index contributed by atoms with van der Waals surface area (Å²) in [4.78, 5) is 10.4. The number of carboxylic acid groups (broad SMARTS) is 1. The number of alkyl halides is 3. The number of benzene rings is 1. The smallest absolute Gasteiger partial charge is 0.416 e. The highest BCUT2D eigenvalue weighted by Gasteiger charge is 2.31. The molecule has 0 aliphatic carbocycles. The highest BCUT2D eigenvalue weighted by molar-refractivity contribution is 6.30. The van der Waals surface area contributed by atoms with Crippen molar-refractivity contribution in [1.29, 1.82) is 0 Å². The first-order chi connectivity index (χ1) is 7.70. The second kappa shape index (κ2) is 6.26. The van der Waals surface area contributed by atoms with Crippen LogP contribution in [0.5, 0.6) is 0 Å². The van der Waals surface area contributed by atoms with Crippen molar-refractivity contribution in [2.45, 2.75) is 18.6 Å². The van der Waals surface area contributed by atoms with Gasteiger partial charge in [0.05, 0.1) is 12.0 Å². The Labute approximate surface area is 112 Å².